The molecular weight excluding hydrogens is 444 g/mol. The third-order valence-corrected chi connectivity index (χ3v) is 6.23. The van der Waals surface area contributed by atoms with Crippen molar-refractivity contribution in [3.8, 4) is 0 Å². The number of amidine groups is 1. The van der Waals surface area contributed by atoms with Gasteiger partial charge in [-0.25, -0.2) is 18.7 Å². The lowest BCUT2D eigenvalue weighted by atomic mass is 10.1. The van der Waals surface area contributed by atoms with Crippen LogP contribution in [0.5, 0.6) is 0 Å². The van der Waals surface area contributed by atoms with Crippen molar-refractivity contribution >= 4 is 29.1 Å². The van der Waals surface area contributed by atoms with Crippen molar-refractivity contribution in [1.29, 1.82) is 5.41 Å². The number of anilines is 2. The molecular formula is C23H25F2N7S. The largest absolute Gasteiger partial charge is 0.382 e. The monoisotopic (exact) mass is 469 g/mol. The van der Waals surface area contributed by atoms with Gasteiger partial charge in [-0.1, -0.05) is 23.9 Å². The number of aromatic nitrogens is 2. The Balaban J connectivity index is 1.38. The molecule has 0 atom stereocenters. The van der Waals surface area contributed by atoms with Gasteiger partial charge >= 0.3 is 0 Å². The highest BCUT2D eigenvalue weighted by molar-refractivity contribution is 7.99. The van der Waals surface area contributed by atoms with E-state index in [9.17, 15) is 8.78 Å². The molecule has 0 bridgehead atoms. The minimum atomic E-state index is -0.672. The molecule has 2 heterocycles. The van der Waals surface area contributed by atoms with Crippen LogP contribution in [0.4, 0.5) is 20.3 Å². The summed E-state index contributed by atoms with van der Waals surface area (Å²) < 4.78 is 26.9. The van der Waals surface area contributed by atoms with Crippen LogP contribution in [-0.4, -0.2) is 53.9 Å². The first-order valence-electron chi connectivity index (χ1n) is 10.5. The van der Waals surface area contributed by atoms with Crippen molar-refractivity contribution in [1.82, 2.24) is 20.2 Å². The van der Waals surface area contributed by atoms with Gasteiger partial charge in [0.1, 0.15) is 28.2 Å². The Morgan fingerprint density at radius 3 is 2.42 bits per heavy atom. The number of hydrogen-bond donors (Lipinski definition) is 3. The number of likely N-dealkylation sites (N-methyl/N-ethyl adjacent to an activating group) is 1. The lowest BCUT2D eigenvalue weighted by Crippen LogP contribution is -2.44. The molecule has 0 spiro atoms. The normalized spacial score (nSPS) is 14.3. The quantitative estimate of drug-likeness (QED) is 0.376. The van der Waals surface area contributed by atoms with Gasteiger partial charge < -0.3 is 20.9 Å². The molecule has 0 radical (unpaired) electrons. The fraction of sp³-hybridized carbons (Fsp3) is 0.261. The van der Waals surface area contributed by atoms with Gasteiger partial charge in [0.15, 0.2) is 5.82 Å². The number of hydrogen-bond acceptors (Lipinski definition) is 7. The molecule has 3 aromatic rings. The fourth-order valence-corrected chi connectivity index (χ4v) is 4.31. The molecule has 1 saturated heterocycles. The Labute approximate surface area is 195 Å². The predicted octanol–water partition coefficient (Wildman–Crippen LogP) is 3.36. The topological polar surface area (TPSA) is 94.2 Å². The van der Waals surface area contributed by atoms with Gasteiger partial charge in [0.05, 0.1) is 6.20 Å². The van der Waals surface area contributed by atoms with Crippen LogP contribution in [0.1, 0.15) is 11.3 Å². The van der Waals surface area contributed by atoms with E-state index in [4.69, 9.17) is 11.1 Å². The summed E-state index contributed by atoms with van der Waals surface area (Å²) in [6, 6.07) is 11.5. The van der Waals surface area contributed by atoms with E-state index in [-0.39, 0.29) is 17.3 Å². The van der Waals surface area contributed by atoms with Gasteiger partial charge in [0.25, 0.3) is 0 Å². The van der Waals surface area contributed by atoms with Gasteiger partial charge in [-0.3, -0.25) is 5.41 Å². The SMILES string of the molecule is CN1CCN(c2ccc(CNC(=N)c3nc(Sc4cc(F)cc(F)c4)cnc3N)cc2)CC1. The van der Waals surface area contributed by atoms with Gasteiger partial charge in [-0.2, -0.15) is 0 Å². The summed E-state index contributed by atoms with van der Waals surface area (Å²) in [6.45, 7) is 4.54. The molecule has 1 aromatic heterocycles. The number of nitrogens with one attached hydrogen (secondary N) is 2. The summed E-state index contributed by atoms with van der Waals surface area (Å²) in [5.41, 5.74) is 8.32. The zero-order valence-corrected chi connectivity index (χ0v) is 19.0. The maximum atomic E-state index is 13.5. The van der Waals surface area contributed by atoms with E-state index in [0.717, 1.165) is 49.6 Å². The van der Waals surface area contributed by atoms with E-state index in [1.165, 1.54) is 24.0 Å². The molecule has 7 nitrogen and oxygen atoms in total. The first kappa shape index (κ1) is 22.9. The molecule has 10 heteroatoms. The van der Waals surface area contributed by atoms with Crippen molar-refractivity contribution in [2.75, 3.05) is 43.9 Å². The summed E-state index contributed by atoms with van der Waals surface area (Å²) in [5.74, 6) is -1.22. The number of piperazine rings is 1. The summed E-state index contributed by atoms with van der Waals surface area (Å²) in [7, 11) is 2.13. The van der Waals surface area contributed by atoms with E-state index < -0.39 is 11.6 Å². The number of nitrogen functional groups attached to an aromatic ring is 1. The van der Waals surface area contributed by atoms with Crippen LogP contribution in [0.15, 0.2) is 58.6 Å². The molecule has 4 rings (SSSR count). The first-order chi connectivity index (χ1) is 15.9. The maximum absolute atomic E-state index is 13.5. The Morgan fingerprint density at radius 2 is 1.76 bits per heavy atom. The van der Waals surface area contributed by atoms with Gasteiger partial charge in [0, 0.05) is 49.4 Å². The highest BCUT2D eigenvalue weighted by Gasteiger charge is 2.15. The van der Waals surface area contributed by atoms with Crippen LogP contribution in [0.3, 0.4) is 0 Å². The highest BCUT2D eigenvalue weighted by Crippen LogP contribution is 2.28. The Hall–Kier alpha value is -3.24. The van der Waals surface area contributed by atoms with E-state index >= 15 is 0 Å². The van der Waals surface area contributed by atoms with Gasteiger partial charge in [-0.15, -0.1) is 0 Å². The summed E-state index contributed by atoms with van der Waals surface area (Å²) in [5, 5.41) is 11.8. The molecule has 2 aromatic carbocycles. The van der Waals surface area contributed by atoms with Gasteiger partial charge in [0.2, 0.25) is 0 Å². The molecule has 4 N–H and O–H groups in total. The number of nitrogens with two attached hydrogens (primary N) is 1. The third-order valence-electron chi connectivity index (χ3n) is 5.35. The first-order valence-corrected chi connectivity index (χ1v) is 11.3. The summed E-state index contributed by atoms with van der Waals surface area (Å²) in [6.07, 6.45) is 1.41. The van der Waals surface area contributed by atoms with Crippen molar-refractivity contribution in [3.63, 3.8) is 0 Å². The lowest BCUT2D eigenvalue weighted by molar-refractivity contribution is 0.313. The Bertz CT molecular complexity index is 1110. The Morgan fingerprint density at radius 1 is 1.09 bits per heavy atom. The second kappa shape index (κ2) is 10.1. The number of rotatable bonds is 6. The van der Waals surface area contributed by atoms with Crippen LogP contribution in [0.25, 0.3) is 0 Å². The van der Waals surface area contributed by atoms with E-state index in [1.807, 2.05) is 12.1 Å². The molecule has 1 aliphatic rings. The number of benzene rings is 2. The van der Waals surface area contributed by atoms with Gasteiger partial charge in [-0.05, 0) is 36.9 Å². The summed E-state index contributed by atoms with van der Waals surface area (Å²) in [4.78, 5) is 13.5. The second-order valence-electron chi connectivity index (χ2n) is 7.83. The molecule has 0 aliphatic carbocycles. The molecule has 0 unspecified atom stereocenters. The third kappa shape index (κ3) is 5.96. The maximum Gasteiger partial charge on any atom is 0.153 e. The van der Waals surface area contributed by atoms with E-state index in [2.05, 4.69) is 44.3 Å². The minimum absolute atomic E-state index is 0.0241. The average molecular weight is 470 g/mol. The zero-order valence-electron chi connectivity index (χ0n) is 18.2. The minimum Gasteiger partial charge on any atom is -0.382 e. The number of halogens is 2. The summed E-state index contributed by atoms with van der Waals surface area (Å²) >= 11 is 1.04. The van der Waals surface area contributed by atoms with Crippen molar-refractivity contribution in [3.05, 3.63) is 71.6 Å². The lowest BCUT2D eigenvalue weighted by Gasteiger charge is -2.34. The van der Waals surface area contributed by atoms with Crippen molar-refractivity contribution in [2.45, 2.75) is 16.5 Å². The number of nitrogens with zero attached hydrogens (tertiary/aromatic N) is 4. The fourth-order valence-electron chi connectivity index (χ4n) is 3.49. The predicted molar refractivity (Wildman–Crippen MR) is 127 cm³/mol. The van der Waals surface area contributed by atoms with E-state index in [1.54, 1.807) is 0 Å². The van der Waals surface area contributed by atoms with Crippen LogP contribution in [0, 0.1) is 17.0 Å². The molecule has 1 aliphatic heterocycles. The highest BCUT2D eigenvalue weighted by atomic mass is 32.2. The average Bonchev–Trinajstić information content (AvgIpc) is 2.79. The molecule has 0 amide bonds. The van der Waals surface area contributed by atoms with Crippen LogP contribution < -0.4 is 16.0 Å². The van der Waals surface area contributed by atoms with Crippen LogP contribution >= 0.6 is 11.8 Å². The second-order valence-corrected chi connectivity index (χ2v) is 8.93. The zero-order chi connectivity index (χ0) is 23.4. The van der Waals surface area contributed by atoms with E-state index in [0.29, 0.717) is 16.5 Å². The molecule has 172 valence electrons. The molecule has 33 heavy (non-hydrogen) atoms. The molecule has 1 fully saturated rings. The van der Waals surface area contributed by atoms with Crippen LogP contribution in [-0.2, 0) is 6.54 Å². The standard InChI is InChI=1S/C23H25F2N7S/c1-31-6-8-32(9-7-31)18-4-2-15(3-5-18)13-28-22(26)21-23(27)29-14-20(30-21)33-19-11-16(24)10-17(25)12-19/h2-5,10-12,14H,6-9,13H2,1H3,(H2,26,28)(H2,27,29). The molecule has 0 saturated carbocycles. The van der Waals surface area contributed by atoms with Crippen molar-refractivity contribution < 1.29 is 8.78 Å². The Kier molecular flexibility index (Phi) is 7.05. The van der Waals surface area contributed by atoms with Crippen LogP contribution in [0.2, 0.25) is 0 Å². The van der Waals surface area contributed by atoms with Crippen molar-refractivity contribution in [2.24, 2.45) is 0 Å². The smallest absolute Gasteiger partial charge is 0.153 e.